The molecule has 4 rings (SSSR count). The Morgan fingerprint density at radius 2 is 1.86 bits per heavy atom. The number of rotatable bonds is 6. The van der Waals surface area contributed by atoms with Crippen LogP contribution in [0.15, 0.2) is 65.7 Å². The van der Waals surface area contributed by atoms with Gasteiger partial charge in [0, 0.05) is 11.6 Å². The SMILES string of the molecule is O=C(NNc1ncnc(Nc2cccc3cccnc23)c1[N+](=O)[O-])c1ccco1. The van der Waals surface area contributed by atoms with Crippen LogP contribution in [-0.2, 0) is 0 Å². The lowest BCUT2D eigenvalue weighted by atomic mass is 10.2. The number of nitrogens with one attached hydrogen (secondary N) is 3. The van der Waals surface area contributed by atoms with Crippen molar-refractivity contribution in [2.45, 2.75) is 0 Å². The zero-order chi connectivity index (χ0) is 20.2. The highest BCUT2D eigenvalue weighted by molar-refractivity contribution is 5.94. The molecule has 11 nitrogen and oxygen atoms in total. The Kier molecular flexibility index (Phi) is 4.68. The number of carbonyl (C=O) groups is 1. The van der Waals surface area contributed by atoms with Crippen LogP contribution in [0.3, 0.4) is 0 Å². The fraction of sp³-hybridized carbons (Fsp3) is 0. The van der Waals surface area contributed by atoms with E-state index in [0.717, 1.165) is 11.7 Å². The molecule has 1 aromatic carbocycles. The van der Waals surface area contributed by atoms with Crippen molar-refractivity contribution in [3.63, 3.8) is 0 Å². The van der Waals surface area contributed by atoms with Gasteiger partial charge in [-0.15, -0.1) is 0 Å². The second kappa shape index (κ2) is 7.60. The van der Waals surface area contributed by atoms with E-state index in [2.05, 4.69) is 31.1 Å². The van der Waals surface area contributed by atoms with E-state index in [1.54, 1.807) is 30.5 Å². The second-order valence-electron chi connectivity index (χ2n) is 5.74. The molecule has 144 valence electrons. The van der Waals surface area contributed by atoms with E-state index < -0.39 is 16.5 Å². The van der Waals surface area contributed by atoms with E-state index in [1.165, 1.54) is 12.3 Å². The van der Waals surface area contributed by atoms with Gasteiger partial charge in [-0.3, -0.25) is 30.7 Å². The number of furan rings is 1. The smallest absolute Gasteiger partial charge is 0.355 e. The molecule has 0 atom stereocenters. The van der Waals surface area contributed by atoms with Crippen molar-refractivity contribution in [3.8, 4) is 0 Å². The minimum atomic E-state index is -0.651. The molecule has 11 heteroatoms. The summed E-state index contributed by atoms with van der Waals surface area (Å²) >= 11 is 0. The van der Waals surface area contributed by atoms with Gasteiger partial charge in [-0.1, -0.05) is 18.2 Å². The molecular weight excluding hydrogens is 378 g/mol. The van der Waals surface area contributed by atoms with Crippen LogP contribution in [0.4, 0.5) is 23.0 Å². The summed E-state index contributed by atoms with van der Waals surface area (Å²) in [5, 5.41) is 15.5. The molecule has 29 heavy (non-hydrogen) atoms. The molecule has 0 aliphatic heterocycles. The summed E-state index contributed by atoms with van der Waals surface area (Å²) in [6, 6.07) is 12.1. The summed E-state index contributed by atoms with van der Waals surface area (Å²) in [4.78, 5) is 35.1. The highest BCUT2D eigenvalue weighted by Crippen LogP contribution is 2.32. The highest BCUT2D eigenvalue weighted by Gasteiger charge is 2.24. The van der Waals surface area contributed by atoms with Crippen molar-refractivity contribution in [1.29, 1.82) is 0 Å². The summed E-state index contributed by atoms with van der Waals surface area (Å²) in [5.41, 5.74) is 5.46. The molecule has 0 radical (unpaired) electrons. The first-order chi connectivity index (χ1) is 14.1. The first-order valence-corrected chi connectivity index (χ1v) is 8.33. The zero-order valence-corrected chi connectivity index (χ0v) is 14.7. The van der Waals surface area contributed by atoms with Gasteiger partial charge >= 0.3 is 11.6 Å². The number of nitro groups is 1. The molecule has 0 saturated carbocycles. The third-order valence-electron chi connectivity index (χ3n) is 3.93. The Morgan fingerprint density at radius 1 is 1.03 bits per heavy atom. The molecule has 0 bridgehead atoms. The lowest BCUT2D eigenvalue weighted by Crippen LogP contribution is -2.30. The van der Waals surface area contributed by atoms with Crippen LogP contribution in [0.2, 0.25) is 0 Å². The molecule has 0 aliphatic carbocycles. The lowest BCUT2D eigenvalue weighted by Gasteiger charge is -2.11. The van der Waals surface area contributed by atoms with Crippen LogP contribution in [-0.4, -0.2) is 25.8 Å². The molecule has 0 saturated heterocycles. The monoisotopic (exact) mass is 391 g/mol. The van der Waals surface area contributed by atoms with Gasteiger partial charge in [-0.25, -0.2) is 9.97 Å². The number of anilines is 3. The number of amides is 1. The Balaban J connectivity index is 1.64. The molecule has 3 heterocycles. The summed E-state index contributed by atoms with van der Waals surface area (Å²) in [6.45, 7) is 0. The fourth-order valence-corrected chi connectivity index (χ4v) is 2.65. The fourth-order valence-electron chi connectivity index (χ4n) is 2.65. The van der Waals surface area contributed by atoms with Crippen LogP contribution in [0.5, 0.6) is 0 Å². The van der Waals surface area contributed by atoms with Crippen molar-refractivity contribution in [2.24, 2.45) is 0 Å². The molecule has 0 fully saturated rings. The topological polar surface area (TPSA) is 148 Å². The van der Waals surface area contributed by atoms with Crippen molar-refractivity contribution in [1.82, 2.24) is 20.4 Å². The number of hydrogen-bond donors (Lipinski definition) is 3. The molecular formula is C18H13N7O4. The molecule has 3 N–H and O–H groups in total. The van der Waals surface area contributed by atoms with Gasteiger partial charge in [0.2, 0.25) is 11.6 Å². The molecule has 0 unspecified atom stereocenters. The number of hydrazine groups is 1. The van der Waals surface area contributed by atoms with E-state index in [0.29, 0.717) is 11.2 Å². The molecule has 0 spiro atoms. The maximum atomic E-state index is 12.0. The Bertz CT molecular complexity index is 1190. The summed E-state index contributed by atoms with van der Waals surface area (Å²) < 4.78 is 4.97. The molecule has 3 aromatic heterocycles. The number of hydrogen-bond acceptors (Lipinski definition) is 9. The summed E-state index contributed by atoms with van der Waals surface area (Å²) in [6.07, 6.45) is 4.09. The Hall–Kier alpha value is -4.54. The van der Waals surface area contributed by atoms with Gasteiger partial charge in [0.1, 0.15) is 6.33 Å². The largest absolute Gasteiger partial charge is 0.459 e. The van der Waals surface area contributed by atoms with Gasteiger partial charge in [0.25, 0.3) is 0 Å². The van der Waals surface area contributed by atoms with Crippen LogP contribution < -0.4 is 16.2 Å². The number of nitrogens with zero attached hydrogens (tertiary/aromatic N) is 4. The van der Waals surface area contributed by atoms with E-state index in [4.69, 9.17) is 4.42 Å². The van der Waals surface area contributed by atoms with Gasteiger partial charge in [0.05, 0.1) is 22.4 Å². The third-order valence-corrected chi connectivity index (χ3v) is 3.93. The third kappa shape index (κ3) is 3.64. The maximum absolute atomic E-state index is 12.0. The minimum Gasteiger partial charge on any atom is -0.459 e. The second-order valence-corrected chi connectivity index (χ2v) is 5.74. The van der Waals surface area contributed by atoms with Crippen LogP contribution >= 0.6 is 0 Å². The van der Waals surface area contributed by atoms with Crippen LogP contribution in [0.1, 0.15) is 10.6 Å². The number of carbonyl (C=O) groups excluding carboxylic acids is 1. The van der Waals surface area contributed by atoms with Crippen molar-refractivity contribution in [3.05, 3.63) is 77.1 Å². The van der Waals surface area contributed by atoms with E-state index in [9.17, 15) is 14.9 Å². The average molecular weight is 391 g/mol. The molecule has 0 aliphatic rings. The van der Waals surface area contributed by atoms with E-state index >= 15 is 0 Å². The molecule has 1 amide bonds. The minimum absolute atomic E-state index is 0.0365. The number of benzene rings is 1. The first-order valence-electron chi connectivity index (χ1n) is 8.33. The number of para-hydroxylation sites is 1. The number of pyridine rings is 1. The average Bonchev–Trinajstić information content (AvgIpc) is 3.27. The van der Waals surface area contributed by atoms with E-state index in [-0.39, 0.29) is 17.4 Å². The maximum Gasteiger partial charge on any atom is 0.355 e. The van der Waals surface area contributed by atoms with Crippen molar-refractivity contribution in [2.75, 3.05) is 10.7 Å². The van der Waals surface area contributed by atoms with Crippen LogP contribution in [0.25, 0.3) is 10.9 Å². The van der Waals surface area contributed by atoms with Crippen molar-refractivity contribution < 1.29 is 14.1 Å². The van der Waals surface area contributed by atoms with Crippen molar-refractivity contribution >= 4 is 39.8 Å². The van der Waals surface area contributed by atoms with Gasteiger partial charge in [-0.05, 0) is 24.3 Å². The normalized spacial score (nSPS) is 10.5. The quantitative estimate of drug-likeness (QED) is 0.333. The first kappa shape index (κ1) is 17.9. The van der Waals surface area contributed by atoms with Gasteiger partial charge in [-0.2, -0.15) is 0 Å². The highest BCUT2D eigenvalue weighted by atomic mass is 16.6. The van der Waals surface area contributed by atoms with Crippen LogP contribution in [0, 0.1) is 10.1 Å². The zero-order valence-electron chi connectivity index (χ0n) is 14.7. The number of aromatic nitrogens is 3. The Morgan fingerprint density at radius 3 is 2.66 bits per heavy atom. The summed E-state index contributed by atoms with van der Waals surface area (Å²) in [7, 11) is 0. The predicted octanol–water partition coefficient (Wildman–Crippen LogP) is 3.03. The summed E-state index contributed by atoms with van der Waals surface area (Å²) in [5.74, 6) is -0.830. The predicted molar refractivity (Wildman–Crippen MR) is 104 cm³/mol. The van der Waals surface area contributed by atoms with Gasteiger partial charge in [0.15, 0.2) is 5.76 Å². The lowest BCUT2D eigenvalue weighted by molar-refractivity contribution is -0.383. The van der Waals surface area contributed by atoms with E-state index in [1.807, 2.05) is 12.1 Å². The Labute approximate surface area is 162 Å². The molecule has 4 aromatic rings. The van der Waals surface area contributed by atoms with Gasteiger partial charge < -0.3 is 9.73 Å². The standard InChI is InChI=1S/C18H13N7O4/c26-18(13-7-3-9-29-13)24-23-17-15(25(27)28)16(20-10-21-17)22-12-6-1-4-11-5-2-8-19-14(11)12/h1-10H,(H,24,26)(H2,20,21,22,23). The number of fused-ring (bicyclic) bond motifs is 1.